The molecule has 0 spiro atoms. The van der Waals surface area contributed by atoms with Crippen LogP contribution in [0.15, 0.2) is 0 Å². The molecule has 0 aliphatic rings. The molecule has 3 N–H and O–H groups in total. The van der Waals surface area contributed by atoms with Gasteiger partial charge in [0.25, 0.3) is 0 Å². The van der Waals surface area contributed by atoms with Crippen LogP contribution in [-0.2, 0) is 14.3 Å². The van der Waals surface area contributed by atoms with Crippen LogP contribution in [0.25, 0.3) is 0 Å². The van der Waals surface area contributed by atoms with Crippen LogP contribution < -0.4 is 10.6 Å². The summed E-state index contributed by atoms with van der Waals surface area (Å²) in [6.45, 7) is 5.47. The van der Waals surface area contributed by atoms with Crippen molar-refractivity contribution in [3.05, 3.63) is 0 Å². The molecule has 106 valence electrons. The molecular formula is C12H24N2O4. The van der Waals surface area contributed by atoms with Crippen LogP contribution in [0.2, 0.25) is 0 Å². The summed E-state index contributed by atoms with van der Waals surface area (Å²) in [6, 6.07) is 0. The highest BCUT2D eigenvalue weighted by molar-refractivity contribution is 5.76. The molecule has 0 saturated heterocycles. The van der Waals surface area contributed by atoms with Crippen molar-refractivity contribution < 1.29 is 19.4 Å². The van der Waals surface area contributed by atoms with Crippen LogP contribution in [0.1, 0.15) is 33.1 Å². The van der Waals surface area contributed by atoms with E-state index in [1.807, 2.05) is 6.92 Å². The van der Waals surface area contributed by atoms with Gasteiger partial charge in [-0.15, -0.1) is 0 Å². The molecule has 1 atom stereocenters. The van der Waals surface area contributed by atoms with Gasteiger partial charge in [-0.1, -0.05) is 6.92 Å². The number of ether oxygens (including phenoxy) is 1. The van der Waals surface area contributed by atoms with Gasteiger partial charge in [0.2, 0.25) is 5.91 Å². The molecule has 0 aromatic rings. The molecule has 1 amide bonds. The first-order chi connectivity index (χ1) is 8.60. The third-order valence-electron chi connectivity index (χ3n) is 2.19. The SMILES string of the molecule is CCCNC(=O)CCNCC(O)CC(=O)OCC. The Hall–Kier alpha value is -1.14. The first-order valence-corrected chi connectivity index (χ1v) is 6.41. The second-order valence-corrected chi connectivity index (χ2v) is 3.97. The molecule has 1 unspecified atom stereocenters. The number of hydrogen-bond acceptors (Lipinski definition) is 5. The zero-order chi connectivity index (χ0) is 13.8. The Labute approximate surface area is 108 Å². The van der Waals surface area contributed by atoms with E-state index in [0.29, 0.717) is 26.1 Å². The maximum absolute atomic E-state index is 11.2. The lowest BCUT2D eigenvalue weighted by Crippen LogP contribution is -2.33. The molecule has 6 nitrogen and oxygen atoms in total. The van der Waals surface area contributed by atoms with E-state index in [1.54, 1.807) is 6.92 Å². The average molecular weight is 260 g/mol. The minimum atomic E-state index is -0.775. The first-order valence-electron chi connectivity index (χ1n) is 6.41. The summed E-state index contributed by atoms with van der Waals surface area (Å²) in [5, 5.41) is 15.2. The van der Waals surface area contributed by atoms with Gasteiger partial charge in [-0.3, -0.25) is 9.59 Å². The fourth-order valence-corrected chi connectivity index (χ4v) is 1.31. The van der Waals surface area contributed by atoms with E-state index in [1.165, 1.54) is 0 Å². The van der Waals surface area contributed by atoms with Crippen LogP contribution in [-0.4, -0.2) is 49.3 Å². The normalized spacial score (nSPS) is 11.9. The van der Waals surface area contributed by atoms with E-state index >= 15 is 0 Å². The summed E-state index contributed by atoms with van der Waals surface area (Å²) in [5.41, 5.74) is 0. The van der Waals surface area contributed by atoms with Crippen molar-refractivity contribution in [2.45, 2.75) is 39.2 Å². The molecule has 0 rings (SSSR count). The number of nitrogens with one attached hydrogen (secondary N) is 2. The highest BCUT2D eigenvalue weighted by Crippen LogP contribution is 1.93. The van der Waals surface area contributed by atoms with Crippen molar-refractivity contribution in [3.8, 4) is 0 Å². The Morgan fingerprint density at radius 2 is 2.00 bits per heavy atom. The summed E-state index contributed by atoms with van der Waals surface area (Å²) in [6.07, 6.45) is 0.481. The van der Waals surface area contributed by atoms with Crippen LogP contribution in [0.3, 0.4) is 0 Å². The highest BCUT2D eigenvalue weighted by atomic mass is 16.5. The van der Waals surface area contributed by atoms with Crippen molar-refractivity contribution in [1.29, 1.82) is 0 Å². The molecule has 0 bridgehead atoms. The number of esters is 1. The van der Waals surface area contributed by atoms with Crippen molar-refractivity contribution in [2.75, 3.05) is 26.2 Å². The van der Waals surface area contributed by atoms with E-state index in [-0.39, 0.29) is 18.9 Å². The summed E-state index contributed by atoms with van der Waals surface area (Å²) in [7, 11) is 0. The standard InChI is InChI=1S/C12H24N2O4/c1-3-6-14-11(16)5-7-13-9-10(15)8-12(17)18-4-2/h10,13,15H,3-9H2,1-2H3,(H,14,16). The molecule has 0 heterocycles. The monoisotopic (exact) mass is 260 g/mol. The topological polar surface area (TPSA) is 87.7 Å². The molecule has 6 heteroatoms. The van der Waals surface area contributed by atoms with Gasteiger partial charge in [0, 0.05) is 26.1 Å². The Balaban J connectivity index is 3.47. The predicted octanol–water partition coefficient (Wildman–Crippen LogP) is -0.194. The third-order valence-corrected chi connectivity index (χ3v) is 2.19. The Morgan fingerprint density at radius 1 is 1.28 bits per heavy atom. The zero-order valence-corrected chi connectivity index (χ0v) is 11.2. The molecule has 0 fully saturated rings. The third kappa shape index (κ3) is 10.0. The number of carbonyl (C=O) groups excluding carboxylic acids is 2. The van der Waals surface area contributed by atoms with Gasteiger partial charge in [-0.05, 0) is 13.3 Å². The van der Waals surface area contributed by atoms with Crippen molar-refractivity contribution in [2.24, 2.45) is 0 Å². The number of aliphatic hydroxyl groups excluding tert-OH is 1. The fourth-order valence-electron chi connectivity index (χ4n) is 1.31. The number of hydrogen-bond donors (Lipinski definition) is 3. The van der Waals surface area contributed by atoms with Crippen LogP contribution in [0.4, 0.5) is 0 Å². The smallest absolute Gasteiger partial charge is 0.308 e. The van der Waals surface area contributed by atoms with Gasteiger partial charge in [0.1, 0.15) is 0 Å². The second-order valence-electron chi connectivity index (χ2n) is 3.97. The highest BCUT2D eigenvalue weighted by Gasteiger charge is 2.11. The van der Waals surface area contributed by atoms with Gasteiger partial charge >= 0.3 is 5.97 Å². The van der Waals surface area contributed by atoms with Crippen LogP contribution in [0.5, 0.6) is 0 Å². The predicted molar refractivity (Wildman–Crippen MR) is 68.0 cm³/mol. The van der Waals surface area contributed by atoms with Crippen LogP contribution in [0, 0.1) is 0 Å². The quantitative estimate of drug-likeness (QED) is 0.374. The number of amides is 1. The molecule has 0 saturated carbocycles. The van der Waals surface area contributed by atoms with Gasteiger partial charge in [-0.25, -0.2) is 0 Å². The molecule has 18 heavy (non-hydrogen) atoms. The van der Waals surface area contributed by atoms with Crippen molar-refractivity contribution >= 4 is 11.9 Å². The fraction of sp³-hybridized carbons (Fsp3) is 0.833. The zero-order valence-electron chi connectivity index (χ0n) is 11.2. The maximum atomic E-state index is 11.2. The summed E-state index contributed by atoms with van der Waals surface area (Å²) >= 11 is 0. The molecule has 0 aliphatic carbocycles. The molecule has 0 aliphatic heterocycles. The lowest BCUT2D eigenvalue weighted by Gasteiger charge is -2.11. The average Bonchev–Trinajstić information content (AvgIpc) is 2.32. The Bertz CT molecular complexity index is 246. The van der Waals surface area contributed by atoms with E-state index in [9.17, 15) is 14.7 Å². The molecule has 0 radical (unpaired) electrons. The van der Waals surface area contributed by atoms with Gasteiger partial charge in [0.15, 0.2) is 0 Å². The number of carbonyl (C=O) groups is 2. The molecule has 0 aromatic heterocycles. The van der Waals surface area contributed by atoms with Gasteiger partial charge < -0.3 is 20.5 Å². The second kappa shape index (κ2) is 11.0. The van der Waals surface area contributed by atoms with Crippen molar-refractivity contribution in [1.82, 2.24) is 10.6 Å². The van der Waals surface area contributed by atoms with E-state index < -0.39 is 12.1 Å². The Kier molecular flexibility index (Phi) is 10.3. The first kappa shape index (κ1) is 16.9. The lowest BCUT2D eigenvalue weighted by molar-refractivity contribution is -0.145. The van der Waals surface area contributed by atoms with E-state index in [2.05, 4.69) is 10.6 Å². The molecular weight excluding hydrogens is 236 g/mol. The van der Waals surface area contributed by atoms with Crippen molar-refractivity contribution in [3.63, 3.8) is 0 Å². The summed E-state index contributed by atoms with van der Waals surface area (Å²) in [5.74, 6) is -0.420. The summed E-state index contributed by atoms with van der Waals surface area (Å²) < 4.78 is 4.71. The van der Waals surface area contributed by atoms with Gasteiger partial charge in [-0.2, -0.15) is 0 Å². The summed E-state index contributed by atoms with van der Waals surface area (Å²) in [4.78, 5) is 22.3. The largest absolute Gasteiger partial charge is 0.466 e. The number of rotatable bonds is 10. The van der Waals surface area contributed by atoms with E-state index in [0.717, 1.165) is 6.42 Å². The number of aliphatic hydroxyl groups is 1. The van der Waals surface area contributed by atoms with Gasteiger partial charge in [0.05, 0.1) is 19.1 Å². The van der Waals surface area contributed by atoms with E-state index in [4.69, 9.17) is 4.74 Å². The van der Waals surface area contributed by atoms with Crippen LogP contribution >= 0.6 is 0 Å². The minimum Gasteiger partial charge on any atom is -0.466 e. The molecule has 0 aromatic carbocycles. The lowest BCUT2D eigenvalue weighted by atomic mass is 10.2. The minimum absolute atomic E-state index is 0.00997. The maximum Gasteiger partial charge on any atom is 0.308 e. The Morgan fingerprint density at radius 3 is 2.61 bits per heavy atom.